The summed E-state index contributed by atoms with van der Waals surface area (Å²) in [6, 6.07) is 16.4. The highest BCUT2D eigenvalue weighted by atomic mass is 16.5. The van der Waals surface area contributed by atoms with E-state index in [2.05, 4.69) is 34.9 Å². The molecule has 1 atom stereocenters. The van der Waals surface area contributed by atoms with E-state index in [-0.39, 0.29) is 37.3 Å². The number of rotatable bonds is 10. The zero-order valence-electron chi connectivity index (χ0n) is 19.1. The van der Waals surface area contributed by atoms with E-state index in [0.717, 1.165) is 12.8 Å². The van der Waals surface area contributed by atoms with Gasteiger partial charge in [0.2, 0.25) is 5.91 Å². The molecule has 2 aromatic carbocycles. The van der Waals surface area contributed by atoms with Crippen molar-refractivity contribution in [2.75, 3.05) is 19.7 Å². The molecule has 0 heterocycles. The van der Waals surface area contributed by atoms with Crippen LogP contribution in [-0.4, -0.2) is 42.8 Å². The van der Waals surface area contributed by atoms with Gasteiger partial charge in [0.15, 0.2) is 0 Å². The van der Waals surface area contributed by atoms with Crippen LogP contribution in [0.3, 0.4) is 0 Å². The largest absolute Gasteiger partial charge is 0.481 e. The fraction of sp³-hybridized carbons (Fsp3) is 0.444. The predicted molar refractivity (Wildman–Crippen MR) is 126 cm³/mol. The van der Waals surface area contributed by atoms with E-state index in [1.807, 2.05) is 24.3 Å². The molecule has 3 aliphatic carbocycles. The number of carboxylic acids is 1. The molecule has 178 valence electrons. The van der Waals surface area contributed by atoms with Gasteiger partial charge in [0.05, 0.1) is 5.41 Å². The number of alkyl carbamates (subject to hydrolysis) is 1. The second-order valence-electron chi connectivity index (χ2n) is 9.87. The third-order valence-electron chi connectivity index (χ3n) is 7.52. The molecular formula is C27H30N2O5. The first kappa shape index (κ1) is 22.4. The average Bonchev–Trinajstić information content (AvgIpc) is 3.76. The molecule has 7 nitrogen and oxygen atoms in total. The van der Waals surface area contributed by atoms with Crippen molar-refractivity contribution in [2.24, 2.45) is 17.3 Å². The summed E-state index contributed by atoms with van der Waals surface area (Å²) < 4.78 is 5.61. The van der Waals surface area contributed by atoms with Crippen LogP contribution in [0.2, 0.25) is 0 Å². The zero-order valence-corrected chi connectivity index (χ0v) is 19.1. The number of hydrogen-bond donors (Lipinski definition) is 3. The molecule has 34 heavy (non-hydrogen) atoms. The predicted octanol–water partition coefficient (Wildman–Crippen LogP) is 3.92. The van der Waals surface area contributed by atoms with Crippen LogP contribution in [0.1, 0.15) is 49.1 Å². The SMILES string of the molecule is O=C(CC(CNC(=O)OCC1c2ccccc2-c2ccccc21)C1CC1)NCC1(C(=O)O)CC1. The second-order valence-corrected chi connectivity index (χ2v) is 9.87. The Bertz CT molecular complexity index is 1060. The average molecular weight is 463 g/mol. The van der Waals surface area contributed by atoms with E-state index in [1.54, 1.807) is 0 Å². The molecule has 0 bridgehead atoms. The summed E-state index contributed by atoms with van der Waals surface area (Å²) in [5.74, 6) is -0.552. The molecule has 0 spiro atoms. The highest BCUT2D eigenvalue weighted by Crippen LogP contribution is 2.46. The molecule has 0 radical (unpaired) electrons. The Hall–Kier alpha value is -3.35. The maximum atomic E-state index is 12.5. The van der Waals surface area contributed by atoms with Crippen molar-refractivity contribution in [3.8, 4) is 11.1 Å². The summed E-state index contributed by atoms with van der Waals surface area (Å²) in [7, 11) is 0. The number of nitrogens with one attached hydrogen (secondary N) is 2. The maximum absolute atomic E-state index is 12.5. The lowest BCUT2D eigenvalue weighted by Crippen LogP contribution is -2.37. The monoisotopic (exact) mass is 462 g/mol. The van der Waals surface area contributed by atoms with Gasteiger partial charge in [-0.15, -0.1) is 0 Å². The van der Waals surface area contributed by atoms with Crippen LogP contribution in [0, 0.1) is 17.3 Å². The summed E-state index contributed by atoms with van der Waals surface area (Å²) in [5, 5.41) is 14.9. The van der Waals surface area contributed by atoms with Crippen LogP contribution < -0.4 is 10.6 Å². The Balaban J connectivity index is 1.12. The molecule has 3 aliphatic rings. The van der Waals surface area contributed by atoms with Gasteiger partial charge in [-0.3, -0.25) is 9.59 Å². The van der Waals surface area contributed by atoms with E-state index in [9.17, 15) is 19.5 Å². The number of aliphatic carboxylic acids is 1. The second kappa shape index (κ2) is 9.12. The number of hydrogen-bond acceptors (Lipinski definition) is 4. The lowest BCUT2D eigenvalue weighted by Gasteiger charge is -2.19. The molecule has 2 aromatic rings. The molecule has 2 amide bonds. The first-order chi connectivity index (χ1) is 16.5. The molecule has 3 N–H and O–H groups in total. The highest BCUT2D eigenvalue weighted by Gasteiger charge is 2.50. The van der Waals surface area contributed by atoms with Crippen LogP contribution in [0.5, 0.6) is 0 Å². The van der Waals surface area contributed by atoms with Crippen molar-refractivity contribution in [2.45, 2.75) is 38.0 Å². The van der Waals surface area contributed by atoms with Gasteiger partial charge in [0.1, 0.15) is 6.61 Å². The Morgan fingerprint density at radius 2 is 1.59 bits per heavy atom. The minimum Gasteiger partial charge on any atom is -0.481 e. The highest BCUT2D eigenvalue weighted by molar-refractivity contribution is 5.81. The van der Waals surface area contributed by atoms with Crippen LogP contribution in [0.15, 0.2) is 48.5 Å². The van der Waals surface area contributed by atoms with Gasteiger partial charge in [0.25, 0.3) is 0 Å². The van der Waals surface area contributed by atoms with Crippen molar-refractivity contribution in [1.29, 1.82) is 0 Å². The van der Waals surface area contributed by atoms with Crippen molar-refractivity contribution in [3.05, 3.63) is 59.7 Å². The third-order valence-corrected chi connectivity index (χ3v) is 7.52. The molecule has 5 rings (SSSR count). The number of fused-ring (bicyclic) bond motifs is 3. The molecule has 2 fully saturated rings. The van der Waals surface area contributed by atoms with Gasteiger partial charge in [0, 0.05) is 25.4 Å². The van der Waals surface area contributed by atoms with Gasteiger partial charge < -0.3 is 20.5 Å². The van der Waals surface area contributed by atoms with Gasteiger partial charge in [-0.05, 0) is 59.8 Å². The third kappa shape index (κ3) is 4.65. The summed E-state index contributed by atoms with van der Waals surface area (Å²) in [5.41, 5.74) is 3.92. The zero-order chi connectivity index (χ0) is 23.7. The number of amides is 2. The Morgan fingerprint density at radius 3 is 2.15 bits per heavy atom. The van der Waals surface area contributed by atoms with Crippen LogP contribution in [0.25, 0.3) is 11.1 Å². The lowest BCUT2D eigenvalue weighted by molar-refractivity contribution is -0.143. The van der Waals surface area contributed by atoms with Crippen LogP contribution in [0.4, 0.5) is 4.79 Å². The first-order valence-electron chi connectivity index (χ1n) is 12.1. The Kier molecular flexibility index (Phi) is 6.02. The minimum atomic E-state index is -0.844. The first-order valence-corrected chi connectivity index (χ1v) is 12.1. The summed E-state index contributed by atoms with van der Waals surface area (Å²) in [6.45, 7) is 0.808. The van der Waals surface area contributed by atoms with Crippen LogP contribution in [-0.2, 0) is 14.3 Å². The van der Waals surface area contributed by atoms with Crippen molar-refractivity contribution < 1.29 is 24.2 Å². The van der Waals surface area contributed by atoms with E-state index in [0.29, 0.717) is 25.3 Å². The van der Waals surface area contributed by atoms with E-state index in [1.165, 1.54) is 22.3 Å². The van der Waals surface area contributed by atoms with Crippen molar-refractivity contribution >= 4 is 18.0 Å². The fourth-order valence-electron chi connectivity index (χ4n) is 5.03. The summed E-state index contributed by atoms with van der Waals surface area (Å²) in [6.07, 6.45) is 3.11. The van der Waals surface area contributed by atoms with Crippen molar-refractivity contribution in [3.63, 3.8) is 0 Å². The fourth-order valence-corrected chi connectivity index (χ4v) is 5.03. The maximum Gasteiger partial charge on any atom is 0.407 e. The molecule has 0 aromatic heterocycles. The van der Waals surface area contributed by atoms with E-state index in [4.69, 9.17) is 4.74 Å². The smallest absolute Gasteiger partial charge is 0.407 e. The molecule has 2 saturated carbocycles. The number of carbonyl (C=O) groups is 3. The minimum absolute atomic E-state index is 0.00661. The van der Waals surface area contributed by atoms with E-state index >= 15 is 0 Å². The van der Waals surface area contributed by atoms with Gasteiger partial charge >= 0.3 is 12.1 Å². The summed E-state index contributed by atoms with van der Waals surface area (Å²) in [4.78, 5) is 36.2. The van der Waals surface area contributed by atoms with Crippen LogP contribution >= 0.6 is 0 Å². The normalized spacial score (nSPS) is 18.4. The summed E-state index contributed by atoms with van der Waals surface area (Å²) >= 11 is 0. The molecule has 7 heteroatoms. The topological polar surface area (TPSA) is 105 Å². The number of ether oxygens (including phenoxy) is 1. The Labute approximate surface area is 198 Å². The van der Waals surface area contributed by atoms with Gasteiger partial charge in [-0.1, -0.05) is 48.5 Å². The quantitative estimate of drug-likeness (QED) is 0.496. The number of benzene rings is 2. The molecular weight excluding hydrogens is 432 g/mol. The molecule has 1 unspecified atom stereocenters. The van der Waals surface area contributed by atoms with E-state index < -0.39 is 17.5 Å². The molecule has 0 saturated heterocycles. The van der Waals surface area contributed by atoms with Gasteiger partial charge in [-0.25, -0.2) is 4.79 Å². The molecule has 0 aliphatic heterocycles. The lowest BCUT2D eigenvalue weighted by atomic mass is 9.98. The standard InChI is InChI=1S/C27H30N2O5/c30-24(29-16-27(11-12-27)25(31)32)13-18(17-9-10-17)14-28-26(33)34-15-23-21-7-3-1-5-19(21)20-6-2-4-8-22(20)23/h1-8,17-18,23H,9-16H2,(H,28,33)(H,29,30)(H,31,32). The number of carbonyl (C=O) groups excluding carboxylic acids is 2. The van der Waals surface area contributed by atoms with Gasteiger partial charge in [-0.2, -0.15) is 0 Å². The van der Waals surface area contributed by atoms with Crippen molar-refractivity contribution in [1.82, 2.24) is 10.6 Å². The Morgan fingerprint density at radius 1 is 0.971 bits per heavy atom. The number of carboxylic acid groups (broad SMARTS) is 1.